The zero-order valence-corrected chi connectivity index (χ0v) is 13.8. The molecule has 0 unspecified atom stereocenters. The quantitative estimate of drug-likeness (QED) is 0.630. The second-order valence-corrected chi connectivity index (χ2v) is 5.88. The number of hydrogen-bond donors (Lipinski definition) is 0. The molecular formula is C20H16ClN2+. The van der Waals surface area contributed by atoms with E-state index in [0.717, 1.165) is 28.1 Å². The molecule has 2 nitrogen and oxygen atoms in total. The van der Waals surface area contributed by atoms with Crippen LogP contribution in [0.5, 0.6) is 0 Å². The average Bonchev–Trinajstić information content (AvgIpc) is 2.58. The largest absolute Gasteiger partial charge is 0.213 e. The molecule has 3 aromatic rings. The third-order valence-electron chi connectivity index (χ3n) is 4.11. The van der Waals surface area contributed by atoms with E-state index in [9.17, 15) is 5.26 Å². The molecule has 23 heavy (non-hydrogen) atoms. The Labute approximate surface area is 141 Å². The molecule has 0 aliphatic heterocycles. The molecule has 2 aromatic carbocycles. The van der Waals surface area contributed by atoms with Crippen molar-refractivity contribution in [3.8, 4) is 28.5 Å². The predicted octanol–water partition coefficient (Wildman–Crippen LogP) is 4.68. The summed E-state index contributed by atoms with van der Waals surface area (Å²) in [4.78, 5) is 0. The molecule has 0 saturated carbocycles. The van der Waals surface area contributed by atoms with Crippen molar-refractivity contribution in [2.45, 2.75) is 6.92 Å². The Bertz CT molecular complexity index is 892. The number of nitrogens with zero attached hydrogens (tertiary/aromatic N) is 2. The lowest BCUT2D eigenvalue weighted by Crippen LogP contribution is -2.36. The second-order valence-electron chi connectivity index (χ2n) is 5.45. The number of pyridine rings is 1. The first-order chi connectivity index (χ1) is 11.1. The van der Waals surface area contributed by atoms with Crippen molar-refractivity contribution in [3.63, 3.8) is 0 Å². The normalized spacial score (nSPS) is 10.3. The molecule has 3 heteroatoms. The van der Waals surface area contributed by atoms with Gasteiger partial charge in [0.1, 0.15) is 18.7 Å². The zero-order chi connectivity index (χ0) is 16.4. The van der Waals surface area contributed by atoms with Crippen molar-refractivity contribution >= 4 is 11.6 Å². The fourth-order valence-corrected chi connectivity index (χ4v) is 2.86. The lowest BCUT2D eigenvalue weighted by Gasteiger charge is -2.10. The van der Waals surface area contributed by atoms with Gasteiger partial charge in [-0.3, -0.25) is 0 Å². The molecule has 0 atom stereocenters. The Morgan fingerprint density at radius 2 is 1.61 bits per heavy atom. The molecule has 1 aromatic heterocycles. The Morgan fingerprint density at radius 3 is 2.22 bits per heavy atom. The Morgan fingerprint density at radius 1 is 0.957 bits per heavy atom. The fraction of sp³-hybridized carbons (Fsp3) is 0.100. The van der Waals surface area contributed by atoms with Crippen molar-refractivity contribution < 1.29 is 4.57 Å². The van der Waals surface area contributed by atoms with Gasteiger partial charge in [0.2, 0.25) is 5.69 Å². The Balaban J connectivity index is 2.29. The van der Waals surface area contributed by atoms with Gasteiger partial charge in [0.15, 0.2) is 5.69 Å². The van der Waals surface area contributed by atoms with Crippen molar-refractivity contribution in [3.05, 3.63) is 76.9 Å². The summed E-state index contributed by atoms with van der Waals surface area (Å²) in [5.41, 5.74) is 5.75. The van der Waals surface area contributed by atoms with E-state index in [1.165, 1.54) is 0 Å². The number of nitriles is 1. The van der Waals surface area contributed by atoms with Gasteiger partial charge in [-0.15, -0.1) is 0 Å². The molecular weight excluding hydrogens is 304 g/mol. The lowest BCUT2D eigenvalue weighted by molar-refractivity contribution is -0.666. The van der Waals surface area contributed by atoms with Crippen molar-refractivity contribution in [2.24, 2.45) is 7.05 Å². The summed E-state index contributed by atoms with van der Waals surface area (Å²) in [6.45, 7) is 1.98. The molecule has 0 fully saturated rings. The van der Waals surface area contributed by atoms with Crippen LogP contribution in [-0.2, 0) is 7.05 Å². The van der Waals surface area contributed by atoms with Gasteiger partial charge >= 0.3 is 0 Å². The van der Waals surface area contributed by atoms with Gasteiger partial charge in [0, 0.05) is 29.1 Å². The van der Waals surface area contributed by atoms with Gasteiger partial charge in [0.05, 0.1) is 0 Å². The minimum atomic E-state index is 0.689. The van der Waals surface area contributed by atoms with Crippen LogP contribution >= 0.6 is 11.6 Å². The monoisotopic (exact) mass is 319 g/mol. The maximum absolute atomic E-state index is 9.61. The highest BCUT2D eigenvalue weighted by Gasteiger charge is 2.21. The highest BCUT2D eigenvalue weighted by atomic mass is 35.5. The summed E-state index contributed by atoms with van der Waals surface area (Å²) in [6.07, 6.45) is 0. The van der Waals surface area contributed by atoms with Crippen molar-refractivity contribution in [1.82, 2.24) is 0 Å². The summed E-state index contributed by atoms with van der Waals surface area (Å²) < 4.78 is 2.06. The SMILES string of the molecule is Cc1c(C#N)c(-c2ccc(Cl)cc2)cc(-c2ccccc2)[n+]1C. The van der Waals surface area contributed by atoms with Crippen LogP contribution in [0.2, 0.25) is 5.02 Å². The van der Waals surface area contributed by atoms with Crippen LogP contribution in [0.3, 0.4) is 0 Å². The number of halogens is 1. The number of aromatic nitrogens is 1. The van der Waals surface area contributed by atoms with Crippen molar-refractivity contribution in [1.29, 1.82) is 5.26 Å². The molecule has 0 aliphatic rings. The predicted molar refractivity (Wildman–Crippen MR) is 93.0 cm³/mol. The molecule has 0 bridgehead atoms. The zero-order valence-electron chi connectivity index (χ0n) is 13.0. The highest BCUT2D eigenvalue weighted by molar-refractivity contribution is 6.30. The first-order valence-corrected chi connectivity index (χ1v) is 7.74. The van der Waals surface area contributed by atoms with Gasteiger partial charge in [-0.25, -0.2) is 0 Å². The van der Waals surface area contributed by atoms with Crippen LogP contribution in [0.15, 0.2) is 60.7 Å². The van der Waals surface area contributed by atoms with Crippen LogP contribution in [0, 0.1) is 18.3 Å². The molecule has 0 N–H and O–H groups in total. The fourth-order valence-electron chi connectivity index (χ4n) is 2.73. The smallest absolute Gasteiger partial charge is 0.197 e. The van der Waals surface area contributed by atoms with E-state index in [0.29, 0.717) is 10.6 Å². The van der Waals surface area contributed by atoms with Crippen LogP contribution in [0.25, 0.3) is 22.4 Å². The number of benzene rings is 2. The topological polar surface area (TPSA) is 27.7 Å². The van der Waals surface area contributed by atoms with Crippen LogP contribution < -0.4 is 4.57 Å². The van der Waals surface area contributed by atoms with E-state index in [2.05, 4.69) is 28.8 Å². The standard InChI is InChI=1S/C20H16ClN2/c1-14-19(13-22)18(15-8-10-17(21)11-9-15)12-20(23(14)2)16-6-4-3-5-7-16/h3-12H,1-2H3/q+1. The molecule has 0 amide bonds. The Hall–Kier alpha value is -2.63. The summed E-state index contributed by atoms with van der Waals surface area (Å²) >= 11 is 5.99. The van der Waals surface area contributed by atoms with E-state index in [1.54, 1.807) is 0 Å². The molecule has 0 saturated heterocycles. The third-order valence-corrected chi connectivity index (χ3v) is 4.37. The molecule has 1 heterocycles. The summed E-state index contributed by atoms with van der Waals surface area (Å²) in [6, 6.07) is 22.2. The third kappa shape index (κ3) is 2.84. The minimum absolute atomic E-state index is 0.689. The number of hydrogen-bond acceptors (Lipinski definition) is 1. The van der Waals surface area contributed by atoms with E-state index in [1.807, 2.05) is 56.4 Å². The van der Waals surface area contributed by atoms with E-state index in [4.69, 9.17) is 11.6 Å². The van der Waals surface area contributed by atoms with E-state index >= 15 is 0 Å². The summed E-state index contributed by atoms with van der Waals surface area (Å²) in [5.74, 6) is 0. The summed E-state index contributed by atoms with van der Waals surface area (Å²) in [7, 11) is 1.99. The van der Waals surface area contributed by atoms with Gasteiger partial charge in [-0.1, -0.05) is 41.9 Å². The van der Waals surface area contributed by atoms with Gasteiger partial charge in [0.25, 0.3) is 0 Å². The lowest BCUT2D eigenvalue weighted by atomic mass is 9.96. The molecule has 0 aliphatic carbocycles. The van der Waals surface area contributed by atoms with E-state index in [-0.39, 0.29) is 0 Å². The first-order valence-electron chi connectivity index (χ1n) is 7.37. The van der Waals surface area contributed by atoms with Crippen LogP contribution in [0.1, 0.15) is 11.3 Å². The van der Waals surface area contributed by atoms with Gasteiger partial charge in [-0.2, -0.15) is 9.83 Å². The molecule has 112 valence electrons. The number of rotatable bonds is 2. The Kier molecular flexibility index (Phi) is 4.14. The van der Waals surface area contributed by atoms with Crippen LogP contribution in [-0.4, -0.2) is 0 Å². The minimum Gasteiger partial charge on any atom is -0.197 e. The second kappa shape index (κ2) is 6.24. The summed E-state index contributed by atoms with van der Waals surface area (Å²) in [5, 5.41) is 10.3. The van der Waals surface area contributed by atoms with Gasteiger partial charge in [-0.05, 0) is 29.8 Å². The molecule has 0 radical (unpaired) electrons. The maximum Gasteiger partial charge on any atom is 0.213 e. The van der Waals surface area contributed by atoms with E-state index < -0.39 is 0 Å². The van der Waals surface area contributed by atoms with Crippen molar-refractivity contribution in [2.75, 3.05) is 0 Å². The molecule has 0 spiro atoms. The highest BCUT2D eigenvalue weighted by Crippen LogP contribution is 2.29. The molecule has 3 rings (SSSR count). The van der Waals surface area contributed by atoms with Gasteiger partial charge < -0.3 is 0 Å². The maximum atomic E-state index is 9.61. The first kappa shape index (κ1) is 15.3. The van der Waals surface area contributed by atoms with Crippen LogP contribution in [0.4, 0.5) is 0 Å². The average molecular weight is 320 g/mol.